The highest BCUT2D eigenvalue weighted by Gasteiger charge is 2.32. The van der Waals surface area contributed by atoms with Crippen molar-refractivity contribution in [1.29, 1.82) is 0 Å². The first-order valence-corrected chi connectivity index (χ1v) is 11.4. The lowest BCUT2D eigenvalue weighted by molar-refractivity contribution is -0.0664. The van der Waals surface area contributed by atoms with Gasteiger partial charge in [-0.3, -0.25) is 0 Å². The van der Waals surface area contributed by atoms with Crippen molar-refractivity contribution in [2.75, 3.05) is 37.4 Å². The first-order valence-electron chi connectivity index (χ1n) is 11.4. The minimum Gasteiger partial charge on any atom is -0.374 e. The van der Waals surface area contributed by atoms with Crippen LogP contribution in [0.3, 0.4) is 0 Å². The smallest absolute Gasteiger partial charge is 0.322 e. The number of urea groups is 1. The molecule has 1 aliphatic heterocycles. The van der Waals surface area contributed by atoms with E-state index in [1.165, 1.54) is 6.07 Å². The Bertz CT molecular complexity index is 1240. The summed E-state index contributed by atoms with van der Waals surface area (Å²) in [6.07, 6.45) is 1.62. The van der Waals surface area contributed by atoms with E-state index in [1.807, 2.05) is 19.9 Å². The highest BCUT2D eigenvalue weighted by molar-refractivity contribution is 5.91. The van der Waals surface area contributed by atoms with Crippen LogP contribution in [-0.2, 0) is 4.74 Å². The number of halogens is 1. The fourth-order valence-electron chi connectivity index (χ4n) is 4.06. The maximum Gasteiger partial charge on any atom is 0.322 e. The number of anilines is 2. The number of aryl methyl sites for hydroxylation is 2. The Morgan fingerprint density at radius 2 is 1.94 bits per heavy atom. The molecule has 3 aromatic rings. The topological polar surface area (TPSA) is 92.3 Å². The summed E-state index contributed by atoms with van der Waals surface area (Å²) >= 11 is 0. The molecule has 8 nitrogen and oxygen atoms in total. The Kier molecular flexibility index (Phi) is 6.40. The summed E-state index contributed by atoms with van der Waals surface area (Å²) < 4.78 is 20.7. The summed E-state index contributed by atoms with van der Waals surface area (Å²) in [5.41, 5.74) is 3.73. The highest BCUT2D eigenvalue weighted by atomic mass is 19.1. The molecule has 1 atom stereocenters. The van der Waals surface area contributed by atoms with Crippen LogP contribution in [0, 0.1) is 25.1 Å². The number of benzene rings is 1. The summed E-state index contributed by atoms with van der Waals surface area (Å²) in [6, 6.07) is 4.71. The number of rotatable bonds is 3. The third-order valence-electron chi connectivity index (χ3n) is 6.15. The van der Waals surface area contributed by atoms with Crippen molar-refractivity contribution in [3.63, 3.8) is 0 Å². The second-order valence-corrected chi connectivity index (χ2v) is 9.73. The van der Waals surface area contributed by atoms with Crippen LogP contribution in [0.4, 0.5) is 20.8 Å². The molecule has 0 radical (unpaired) electrons. The molecule has 34 heavy (non-hydrogen) atoms. The normalized spacial score (nSPS) is 16.6. The van der Waals surface area contributed by atoms with E-state index in [2.05, 4.69) is 46.4 Å². The van der Waals surface area contributed by atoms with E-state index in [0.29, 0.717) is 31.3 Å². The number of nitrogens with one attached hydrogen (secondary N) is 2. The first kappa shape index (κ1) is 23.8. The predicted octanol–water partition coefficient (Wildman–Crippen LogP) is 4.77. The van der Waals surface area contributed by atoms with Gasteiger partial charge in [0.15, 0.2) is 5.65 Å². The molecule has 4 rings (SSSR count). The third-order valence-corrected chi connectivity index (χ3v) is 6.15. The van der Waals surface area contributed by atoms with Crippen molar-refractivity contribution < 1.29 is 13.9 Å². The molecule has 2 aromatic heterocycles. The number of carbonyl (C=O) groups is 1. The molecule has 2 amide bonds. The molecule has 1 unspecified atom stereocenters. The van der Waals surface area contributed by atoms with Crippen molar-refractivity contribution in [2.24, 2.45) is 5.41 Å². The first-order chi connectivity index (χ1) is 16.1. The number of amides is 2. The Morgan fingerprint density at radius 3 is 2.65 bits per heavy atom. The number of carbonyl (C=O) groups excluding carboxylic acids is 1. The van der Waals surface area contributed by atoms with Gasteiger partial charge in [0.2, 0.25) is 5.95 Å². The van der Waals surface area contributed by atoms with Crippen molar-refractivity contribution in [3.8, 4) is 11.1 Å². The predicted molar refractivity (Wildman–Crippen MR) is 132 cm³/mol. The lowest BCUT2D eigenvalue weighted by Crippen LogP contribution is -2.51. The largest absolute Gasteiger partial charge is 0.374 e. The molecule has 2 N–H and O–H groups in total. The van der Waals surface area contributed by atoms with E-state index in [0.717, 1.165) is 27.8 Å². The molecule has 1 aliphatic rings. The molecule has 180 valence electrons. The molecule has 0 saturated carbocycles. The van der Waals surface area contributed by atoms with Crippen LogP contribution < -0.4 is 10.6 Å². The lowest BCUT2D eigenvalue weighted by Gasteiger charge is -2.39. The maximum absolute atomic E-state index is 14.9. The van der Waals surface area contributed by atoms with Gasteiger partial charge >= 0.3 is 6.03 Å². The number of hydrogen-bond donors (Lipinski definition) is 2. The van der Waals surface area contributed by atoms with E-state index in [4.69, 9.17) is 4.74 Å². The Hall–Kier alpha value is -3.33. The van der Waals surface area contributed by atoms with E-state index >= 15 is 0 Å². The van der Waals surface area contributed by atoms with E-state index in [9.17, 15) is 9.18 Å². The van der Waals surface area contributed by atoms with Crippen molar-refractivity contribution in [3.05, 3.63) is 41.5 Å². The monoisotopic (exact) mass is 466 g/mol. The third kappa shape index (κ3) is 4.79. The average molecular weight is 467 g/mol. The van der Waals surface area contributed by atoms with E-state index < -0.39 is 5.82 Å². The Labute approximate surface area is 199 Å². The Balaban J connectivity index is 1.64. The molecule has 3 heterocycles. The second-order valence-electron chi connectivity index (χ2n) is 9.73. The van der Waals surface area contributed by atoms with Gasteiger partial charge < -0.3 is 20.3 Å². The summed E-state index contributed by atoms with van der Waals surface area (Å²) in [5, 5.41) is 6.45. The fraction of sp³-hybridized carbons (Fsp3) is 0.440. The molecule has 1 aromatic carbocycles. The minimum atomic E-state index is -0.483. The van der Waals surface area contributed by atoms with Crippen LogP contribution in [-0.4, -0.2) is 58.7 Å². The lowest BCUT2D eigenvalue weighted by atomic mass is 9.88. The molecule has 1 fully saturated rings. The van der Waals surface area contributed by atoms with Crippen molar-refractivity contribution >= 4 is 28.7 Å². The summed E-state index contributed by atoms with van der Waals surface area (Å²) in [7, 11) is 1.75. The van der Waals surface area contributed by atoms with Gasteiger partial charge in [0.1, 0.15) is 5.82 Å². The summed E-state index contributed by atoms with van der Waals surface area (Å²) in [5.74, 6) is 0.00977. The van der Waals surface area contributed by atoms with Crippen LogP contribution >= 0.6 is 0 Å². The number of nitrogens with zero attached hydrogens (tertiary/aromatic N) is 4. The molecule has 0 bridgehead atoms. The molecule has 1 saturated heterocycles. The van der Waals surface area contributed by atoms with Crippen LogP contribution in [0.25, 0.3) is 22.2 Å². The standard InChI is InChI=1S/C25H31FN6O2/c1-14-9-19(26)20(30-24(33)32-7-8-34-21(13-32)25(3,4)5)11-17(14)18-10-16-12-28-23(27-6)31-22(16)29-15(18)2/h9-12,21H,7-8,13H2,1-6H3,(H,30,33)(H,27,28,29,31). The molecular weight excluding hydrogens is 435 g/mol. The molecule has 0 spiro atoms. The number of morpholine rings is 1. The zero-order chi connectivity index (χ0) is 24.6. The Morgan fingerprint density at radius 1 is 1.18 bits per heavy atom. The SMILES string of the molecule is CNc1ncc2cc(-c3cc(NC(=O)N4CCOC(C(C)(C)C)C4)c(F)cc3C)c(C)nc2n1. The van der Waals surface area contributed by atoms with Gasteiger partial charge in [-0.1, -0.05) is 20.8 Å². The number of ether oxygens (including phenoxy) is 1. The van der Waals surface area contributed by atoms with Gasteiger partial charge in [-0.05, 0) is 48.6 Å². The van der Waals surface area contributed by atoms with Gasteiger partial charge in [-0.15, -0.1) is 0 Å². The quantitative estimate of drug-likeness (QED) is 0.578. The van der Waals surface area contributed by atoms with Gasteiger partial charge in [0.25, 0.3) is 0 Å². The summed E-state index contributed by atoms with van der Waals surface area (Å²) in [6.45, 7) is 11.3. The number of aromatic nitrogens is 3. The maximum atomic E-state index is 14.9. The van der Waals surface area contributed by atoms with E-state index in [1.54, 1.807) is 24.2 Å². The van der Waals surface area contributed by atoms with Crippen molar-refractivity contribution in [1.82, 2.24) is 19.9 Å². The van der Waals surface area contributed by atoms with Gasteiger partial charge in [0.05, 0.1) is 18.4 Å². The minimum absolute atomic E-state index is 0.0811. The van der Waals surface area contributed by atoms with Crippen molar-refractivity contribution in [2.45, 2.75) is 40.7 Å². The van der Waals surface area contributed by atoms with Crippen LogP contribution in [0.5, 0.6) is 0 Å². The highest BCUT2D eigenvalue weighted by Crippen LogP contribution is 2.33. The number of pyridine rings is 1. The average Bonchev–Trinajstić information content (AvgIpc) is 2.79. The molecule has 9 heteroatoms. The van der Waals surface area contributed by atoms with Crippen LogP contribution in [0.2, 0.25) is 0 Å². The zero-order valence-electron chi connectivity index (χ0n) is 20.5. The van der Waals surface area contributed by atoms with Gasteiger partial charge in [-0.25, -0.2) is 19.2 Å². The van der Waals surface area contributed by atoms with E-state index in [-0.39, 0.29) is 23.2 Å². The van der Waals surface area contributed by atoms with Crippen LogP contribution in [0.15, 0.2) is 24.4 Å². The molecule has 0 aliphatic carbocycles. The number of hydrogen-bond acceptors (Lipinski definition) is 6. The number of fused-ring (bicyclic) bond motifs is 1. The van der Waals surface area contributed by atoms with Gasteiger partial charge in [-0.2, -0.15) is 4.98 Å². The van der Waals surface area contributed by atoms with Gasteiger partial charge in [0, 0.05) is 43.0 Å². The van der Waals surface area contributed by atoms with Crippen LogP contribution in [0.1, 0.15) is 32.0 Å². The fourth-order valence-corrected chi connectivity index (χ4v) is 4.06. The molecular formula is C25H31FN6O2. The zero-order valence-corrected chi connectivity index (χ0v) is 20.5. The summed E-state index contributed by atoms with van der Waals surface area (Å²) in [4.78, 5) is 27.9. The second kappa shape index (κ2) is 9.13.